The summed E-state index contributed by atoms with van der Waals surface area (Å²) in [7, 11) is 0. The van der Waals surface area contributed by atoms with Crippen molar-refractivity contribution in [1.82, 2.24) is 4.98 Å². The molecule has 1 aromatic heterocycles. The van der Waals surface area contributed by atoms with Crippen LogP contribution in [-0.4, -0.2) is 24.1 Å². The van der Waals surface area contributed by atoms with E-state index in [2.05, 4.69) is 10.3 Å². The molecule has 0 saturated heterocycles. The number of carbonyl (C=O) groups excluding carboxylic acids is 1. The van der Waals surface area contributed by atoms with Gasteiger partial charge in [0.1, 0.15) is 13.2 Å². The molecule has 2 heterocycles. The SMILES string of the molecule is CC(C)(C)CC(=O)Nc1nc(-c2ccc3c(c2)OCCO3)cs1. The van der Waals surface area contributed by atoms with Crippen LogP contribution < -0.4 is 14.8 Å². The van der Waals surface area contributed by atoms with Gasteiger partial charge in [0.25, 0.3) is 0 Å². The fourth-order valence-corrected chi connectivity index (χ4v) is 3.05. The van der Waals surface area contributed by atoms with Gasteiger partial charge in [-0.1, -0.05) is 20.8 Å². The van der Waals surface area contributed by atoms with Crippen LogP contribution in [0.3, 0.4) is 0 Å². The minimum Gasteiger partial charge on any atom is -0.486 e. The van der Waals surface area contributed by atoms with E-state index >= 15 is 0 Å². The first-order valence-electron chi connectivity index (χ1n) is 7.56. The molecule has 1 N–H and O–H groups in total. The van der Waals surface area contributed by atoms with Crippen LogP contribution in [0.5, 0.6) is 11.5 Å². The Kier molecular flexibility index (Phi) is 4.26. The standard InChI is InChI=1S/C17H20N2O3S/c1-17(2,3)9-15(20)19-16-18-12(10-23-16)11-4-5-13-14(8-11)22-7-6-21-13/h4-5,8,10H,6-7,9H2,1-3H3,(H,18,19,20). The molecule has 122 valence electrons. The number of hydrogen-bond donors (Lipinski definition) is 1. The van der Waals surface area contributed by atoms with Crippen molar-refractivity contribution in [1.29, 1.82) is 0 Å². The van der Waals surface area contributed by atoms with Crippen molar-refractivity contribution in [3.05, 3.63) is 23.6 Å². The number of benzene rings is 1. The van der Waals surface area contributed by atoms with E-state index < -0.39 is 0 Å². The highest BCUT2D eigenvalue weighted by Gasteiger charge is 2.18. The van der Waals surface area contributed by atoms with E-state index in [1.807, 2.05) is 44.4 Å². The van der Waals surface area contributed by atoms with Gasteiger partial charge in [0.15, 0.2) is 16.6 Å². The summed E-state index contributed by atoms with van der Waals surface area (Å²) in [5.74, 6) is 1.48. The van der Waals surface area contributed by atoms with Crippen LogP contribution in [0.2, 0.25) is 0 Å². The van der Waals surface area contributed by atoms with Gasteiger partial charge in [0.05, 0.1) is 5.69 Å². The summed E-state index contributed by atoms with van der Waals surface area (Å²) in [6.45, 7) is 7.24. The van der Waals surface area contributed by atoms with Gasteiger partial charge in [0, 0.05) is 17.4 Å². The topological polar surface area (TPSA) is 60.5 Å². The minimum atomic E-state index is -0.0417. The number of aromatic nitrogens is 1. The molecule has 0 atom stereocenters. The van der Waals surface area contributed by atoms with Gasteiger partial charge in [-0.15, -0.1) is 11.3 Å². The van der Waals surface area contributed by atoms with Crippen molar-refractivity contribution < 1.29 is 14.3 Å². The number of nitrogens with one attached hydrogen (secondary N) is 1. The van der Waals surface area contributed by atoms with Crippen molar-refractivity contribution in [3.8, 4) is 22.8 Å². The van der Waals surface area contributed by atoms with Gasteiger partial charge < -0.3 is 14.8 Å². The highest BCUT2D eigenvalue weighted by Crippen LogP contribution is 2.35. The number of amides is 1. The lowest BCUT2D eigenvalue weighted by molar-refractivity contribution is -0.117. The molecule has 0 unspecified atom stereocenters. The maximum atomic E-state index is 12.0. The number of anilines is 1. The molecule has 5 nitrogen and oxygen atoms in total. The molecule has 3 rings (SSSR count). The summed E-state index contributed by atoms with van der Waals surface area (Å²) in [5.41, 5.74) is 1.72. The molecule has 23 heavy (non-hydrogen) atoms. The first-order chi connectivity index (χ1) is 10.9. The molecule has 2 aromatic rings. The van der Waals surface area contributed by atoms with Crippen molar-refractivity contribution in [2.45, 2.75) is 27.2 Å². The second kappa shape index (κ2) is 6.20. The van der Waals surface area contributed by atoms with Crippen molar-refractivity contribution in [2.75, 3.05) is 18.5 Å². The van der Waals surface area contributed by atoms with Crippen molar-refractivity contribution >= 4 is 22.4 Å². The molecular formula is C17H20N2O3S. The predicted molar refractivity (Wildman–Crippen MR) is 91.2 cm³/mol. The average Bonchev–Trinajstić information content (AvgIpc) is 2.93. The van der Waals surface area contributed by atoms with Gasteiger partial charge in [0.2, 0.25) is 5.91 Å². The number of thiazole rings is 1. The van der Waals surface area contributed by atoms with Gasteiger partial charge in [-0.25, -0.2) is 4.98 Å². The molecule has 1 amide bonds. The lowest BCUT2D eigenvalue weighted by Gasteiger charge is -2.18. The molecule has 0 saturated carbocycles. The number of fused-ring (bicyclic) bond motifs is 1. The normalized spacial score (nSPS) is 13.7. The second-order valence-electron chi connectivity index (χ2n) is 6.68. The molecule has 0 spiro atoms. The molecule has 0 bridgehead atoms. The van der Waals surface area contributed by atoms with E-state index in [-0.39, 0.29) is 11.3 Å². The summed E-state index contributed by atoms with van der Waals surface area (Å²) in [5, 5.41) is 5.41. The van der Waals surface area contributed by atoms with Crippen LogP contribution in [0.25, 0.3) is 11.3 Å². The summed E-state index contributed by atoms with van der Waals surface area (Å²) < 4.78 is 11.1. The second-order valence-corrected chi connectivity index (χ2v) is 7.54. The van der Waals surface area contributed by atoms with E-state index in [9.17, 15) is 4.79 Å². The molecule has 6 heteroatoms. The maximum absolute atomic E-state index is 12.0. The largest absolute Gasteiger partial charge is 0.486 e. The summed E-state index contributed by atoms with van der Waals surface area (Å²) in [6.07, 6.45) is 0.464. The van der Waals surface area contributed by atoms with E-state index in [0.29, 0.717) is 24.8 Å². The van der Waals surface area contributed by atoms with E-state index in [0.717, 1.165) is 22.8 Å². The zero-order valence-electron chi connectivity index (χ0n) is 13.5. The number of hydrogen-bond acceptors (Lipinski definition) is 5. The van der Waals surface area contributed by atoms with E-state index in [1.54, 1.807) is 0 Å². The first-order valence-corrected chi connectivity index (χ1v) is 8.44. The lowest BCUT2D eigenvalue weighted by Crippen LogP contribution is -2.19. The first kappa shape index (κ1) is 15.8. The smallest absolute Gasteiger partial charge is 0.226 e. The van der Waals surface area contributed by atoms with E-state index in [4.69, 9.17) is 9.47 Å². The summed E-state index contributed by atoms with van der Waals surface area (Å²) >= 11 is 1.42. The third-order valence-electron chi connectivity index (χ3n) is 3.28. The average molecular weight is 332 g/mol. The Labute approximate surface area is 139 Å². The Morgan fingerprint density at radius 2 is 2.00 bits per heavy atom. The Hall–Kier alpha value is -2.08. The van der Waals surface area contributed by atoms with Gasteiger partial charge >= 0.3 is 0 Å². The Morgan fingerprint density at radius 1 is 1.26 bits per heavy atom. The van der Waals surface area contributed by atoms with Crippen molar-refractivity contribution in [2.24, 2.45) is 5.41 Å². The fraction of sp³-hybridized carbons (Fsp3) is 0.412. The molecule has 1 aromatic carbocycles. The molecule has 0 radical (unpaired) electrons. The van der Waals surface area contributed by atoms with Crippen LogP contribution in [0.15, 0.2) is 23.6 Å². The Bertz CT molecular complexity index is 719. The summed E-state index contributed by atoms with van der Waals surface area (Å²) in [6, 6.07) is 5.76. The Balaban J connectivity index is 1.73. The van der Waals surface area contributed by atoms with Crippen LogP contribution in [0.4, 0.5) is 5.13 Å². The molecular weight excluding hydrogens is 312 g/mol. The van der Waals surface area contributed by atoms with Gasteiger partial charge in [-0.3, -0.25) is 4.79 Å². The monoisotopic (exact) mass is 332 g/mol. The van der Waals surface area contributed by atoms with Gasteiger partial charge in [-0.05, 0) is 23.6 Å². The highest BCUT2D eigenvalue weighted by molar-refractivity contribution is 7.14. The molecule has 0 aliphatic carbocycles. The summed E-state index contributed by atoms with van der Waals surface area (Å²) in [4.78, 5) is 16.5. The number of ether oxygens (including phenoxy) is 2. The third kappa shape index (κ3) is 4.01. The van der Waals surface area contributed by atoms with Crippen LogP contribution in [0.1, 0.15) is 27.2 Å². The fourth-order valence-electron chi connectivity index (χ4n) is 2.31. The number of carbonyl (C=O) groups is 1. The van der Waals surface area contributed by atoms with Crippen molar-refractivity contribution in [3.63, 3.8) is 0 Å². The highest BCUT2D eigenvalue weighted by atomic mass is 32.1. The predicted octanol–water partition coefficient (Wildman–Crippen LogP) is 3.96. The zero-order chi connectivity index (χ0) is 16.4. The molecule has 1 aliphatic rings. The zero-order valence-corrected chi connectivity index (χ0v) is 14.3. The minimum absolute atomic E-state index is 0.0134. The lowest BCUT2D eigenvalue weighted by atomic mass is 9.92. The molecule has 1 aliphatic heterocycles. The van der Waals surface area contributed by atoms with Crippen LogP contribution in [0, 0.1) is 5.41 Å². The number of rotatable bonds is 3. The number of nitrogens with zero attached hydrogens (tertiary/aromatic N) is 1. The Morgan fingerprint density at radius 3 is 2.74 bits per heavy atom. The molecule has 0 fully saturated rings. The van der Waals surface area contributed by atoms with Gasteiger partial charge in [-0.2, -0.15) is 0 Å². The third-order valence-corrected chi connectivity index (χ3v) is 4.04. The van der Waals surface area contributed by atoms with Crippen LogP contribution >= 0.6 is 11.3 Å². The maximum Gasteiger partial charge on any atom is 0.226 e. The van der Waals surface area contributed by atoms with Crippen LogP contribution in [-0.2, 0) is 4.79 Å². The quantitative estimate of drug-likeness (QED) is 0.924. The van der Waals surface area contributed by atoms with E-state index in [1.165, 1.54) is 11.3 Å².